The molecule has 0 bridgehead atoms. The van der Waals surface area contributed by atoms with Gasteiger partial charge in [0.1, 0.15) is 23.1 Å². The summed E-state index contributed by atoms with van der Waals surface area (Å²) >= 11 is 0. The molecule has 10 nitrogen and oxygen atoms in total. The van der Waals surface area contributed by atoms with E-state index in [4.69, 9.17) is 9.47 Å². The summed E-state index contributed by atoms with van der Waals surface area (Å²) < 4.78 is 11.6. The SMILES string of the molecule is CCC(=O)CC(=O)c1ccc(OCCCCCCCCCCC(=O)N[C@@H]2CCCC[C@H]2NC(=O)CCCCCCCCCCOc2ccc(C(=O)CC(=O)CC)cc2)cc1. The summed E-state index contributed by atoms with van der Waals surface area (Å²) in [6.45, 7) is 4.81. The number of hydrogen-bond donors (Lipinski definition) is 2. The van der Waals surface area contributed by atoms with Crippen molar-refractivity contribution in [1.82, 2.24) is 10.6 Å². The standard InChI is InChI=1S/C50H74N2O8/c1-3-41(53)37-47(55)39-27-31-43(32-28-39)59-35-21-15-11-7-5-9-13-17-25-49(57)51-45-23-19-20-24-46(45)52-50(58)26-18-14-10-6-8-12-16-22-36-60-44-33-29-40(30-34-44)48(56)38-42(54)4-2/h27-34,45-46H,3-26,35-38H2,1-2H3,(H,51,57)(H,52,58)/t45-,46-/m1/s1. The molecular formula is C50H74N2O8. The van der Waals surface area contributed by atoms with Gasteiger partial charge in [0.05, 0.1) is 26.1 Å². The number of carbonyl (C=O) groups is 6. The van der Waals surface area contributed by atoms with Crippen molar-refractivity contribution in [2.75, 3.05) is 13.2 Å². The largest absolute Gasteiger partial charge is 0.494 e. The van der Waals surface area contributed by atoms with Gasteiger partial charge >= 0.3 is 0 Å². The Morgan fingerprint density at radius 2 is 0.783 bits per heavy atom. The molecule has 0 aromatic heterocycles. The summed E-state index contributed by atoms with van der Waals surface area (Å²) in [5.41, 5.74) is 1.09. The maximum absolute atomic E-state index is 12.8. The van der Waals surface area contributed by atoms with E-state index >= 15 is 0 Å². The van der Waals surface area contributed by atoms with Crippen LogP contribution in [0.2, 0.25) is 0 Å². The lowest BCUT2D eigenvalue weighted by atomic mass is 9.90. The molecule has 0 aliphatic heterocycles. The van der Waals surface area contributed by atoms with Crippen molar-refractivity contribution in [2.45, 2.75) is 193 Å². The van der Waals surface area contributed by atoms with Crippen molar-refractivity contribution in [3.05, 3.63) is 59.7 Å². The Hall–Kier alpha value is -4.34. The smallest absolute Gasteiger partial charge is 0.220 e. The first-order chi connectivity index (χ1) is 29.2. The van der Waals surface area contributed by atoms with Crippen molar-refractivity contribution >= 4 is 34.9 Å². The van der Waals surface area contributed by atoms with E-state index in [1.165, 1.54) is 25.7 Å². The van der Waals surface area contributed by atoms with Gasteiger partial charge in [-0.2, -0.15) is 0 Å². The first-order valence-electron chi connectivity index (χ1n) is 23.3. The second-order valence-electron chi connectivity index (χ2n) is 16.5. The van der Waals surface area contributed by atoms with E-state index in [1.54, 1.807) is 62.4 Å². The quantitative estimate of drug-likeness (QED) is 0.0403. The molecule has 1 aliphatic carbocycles. The fraction of sp³-hybridized carbons (Fsp3) is 0.640. The molecule has 0 radical (unpaired) electrons. The molecule has 1 saturated carbocycles. The third kappa shape index (κ3) is 21.8. The van der Waals surface area contributed by atoms with Crippen LogP contribution in [0.25, 0.3) is 0 Å². The third-order valence-electron chi connectivity index (χ3n) is 11.4. The van der Waals surface area contributed by atoms with Crippen LogP contribution in [0.3, 0.4) is 0 Å². The molecule has 0 heterocycles. The van der Waals surface area contributed by atoms with Crippen LogP contribution < -0.4 is 20.1 Å². The summed E-state index contributed by atoms with van der Waals surface area (Å²) in [5, 5.41) is 6.48. The third-order valence-corrected chi connectivity index (χ3v) is 11.4. The first-order valence-corrected chi connectivity index (χ1v) is 23.3. The van der Waals surface area contributed by atoms with Gasteiger partial charge < -0.3 is 20.1 Å². The summed E-state index contributed by atoms with van der Waals surface area (Å²) in [6, 6.07) is 14.1. The van der Waals surface area contributed by atoms with Gasteiger partial charge in [-0.15, -0.1) is 0 Å². The predicted octanol–water partition coefficient (Wildman–Crippen LogP) is 10.8. The number of carbonyl (C=O) groups excluding carboxylic acids is 6. The maximum Gasteiger partial charge on any atom is 0.220 e. The van der Waals surface area contributed by atoms with E-state index in [1.807, 2.05) is 0 Å². The summed E-state index contributed by atoms with van der Waals surface area (Å²) in [6.07, 6.45) is 23.1. The van der Waals surface area contributed by atoms with Crippen molar-refractivity contribution in [3.63, 3.8) is 0 Å². The molecule has 3 rings (SSSR count). The Kier molecular flexibility index (Phi) is 25.6. The van der Waals surface area contributed by atoms with Crippen LogP contribution >= 0.6 is 0 Å². The van der Waals surface area contributed by atoms with Crippen molar-refractivity contribution in [3.8, 4) is 11.5 Å². The van der Waals surface area contributed by atoms with E-state index in [0.29, 0.717) is 50.0 Å². The maximum atomic E-state index is 12.8. The Bertz CT molecular complexity index is 1450. The lowest BCUT2D eigenvalue weighted by Gasteiger charge is -2.33. The zero-order valence-corrected chi connectivity index (χ0v) is 36.8. The van der Waals surface area contributed by atoms with Gasteiger partial charge in [0.25, 0.3) is 0 Å². The highest BCUT2D eigenvalue weighted by Crippen LogP contribution is 2.21. The minimum atomic E-state index is -0.147. The monoisotopic (exact) mass is 831 g/mol. The second kappa shape index (κ2) is 30.6. The fourth-order valence-electron chi connectivity index (χ4n) is 7.60. The van der Waals surface area contributed by atoms with Gasteiger partial charge in [-0.05, 0) is 87.1 Å². The molecule has 60 heavy (non-hydrogen) atoms. The zero-order valence-electron chi connectivity index (χ0n) is 36.8. The Labute approximate surface area is 360 Å². The molecule has 1 fully saturated rings. The molecule has 2 amide bonds. The zero-order chi connectivity index (χ0) is 43.2. The number of benzene rings is 2. The number of amides is 2. The van der Waals surface area contributed by atoms with E-state index in [9.17, 15) is 28.8 Å². The Morgan fingerprint density at radius 1 is 0.467 bits per heavy atom. The van der Waals surface area contributed by atoms with Gasteiger partial charge in [0, 0.05) is 48.9 Å². The van der Waals surface area contributed by atoms with Crippen molar-refractivity contribution < 1.29 is 38.2 Å². The van der Waals surface area contributed by atoms with E-state index in [-0.39, 0.29) is 59.9 Å². The minimum Gasteiger partial charge on any atom is -0.494 e. The molecule has 10 heteroatoms. The normalized spacial score (nSPS) is 14.9. The number of nitrogens with one attached hydrogen (secondary N) is 2. The topological polar surface area (TPSA) is 145 Å². The number of ketones is 4. The molecular weight excluding hydrogens is 757 g/mol. The average Bonchev–Trinajstić information content (AvgIpc) is 3.25. The first kappa shape index (κ1) is 50.0. The lowest BCUT2D eigenvalue weighted by Crippen LogP contribution is -2.53. The Balaban J connectivity index is 1.11. The number of unbranched alkanes of at least 4 members (excludes halogenated alkanes) is 14. The molecule has 2 aromatic rings. The number of rotatable bonds is 34. The number of Topliss-reactive ketones (excluding diaryl/α,β-unsaturated/α-hetero) is 4. The molecule has 1 aliphatic rings. The number of hydrogen-bond acceptors (Lipinski definition) is 8. The van der Waals surface area contributed by atoms with Crippen LogP contribution in [0.4, 0.5) is 0 Å². The Morgan fingerprint density at radius 3 is 1.12 bits per heavy atom. The fourth-order valence-corrected chi connectivity index (χ4v) is 7.60. The second-order valence-corrected chi connectivity index (χ2v) is 16.5. The summed E-state index contributed by atoms with van der Waals surface area (Å²) in [7, 11) is 0. The van der Waals surface area contributed by atoms with Gasteiger partial charge in [-0.3, -0.25) is 28.8 Å². The highest BCUT2D eigenvalue weighted by Gasteiger charge is 2.27. The van der Waals surface area contributed by atoms with Crippen LogP contribution in [0, 0.1) is 0 Å². The van der Waals surface area contributed by atoms with Gasteiger partial charge in [-0.25, -0.2) is 0 Å². The molecule has 0 unspecified atom stereocenters. The van der Waals surface area contributed by atoms with Crippen molar-refractivity contribution in [2.24, 2.45) is 0 Å². The van der Waals surface area contributed by atoms with E-state index < -0.39 is 0 Å². The molecule has 2 atom stereocenters. The molecule has 0 saturated heterocycles. The summed E-state index contributed by atoms with van der Waals surface area (Å²) in [5.74, 6) is 1.29. The molecule has 332 valence electrons. The van der Waals surface area contributed by atoms with Gasteiger partial charge in [0.2, 0.25) is 11.8 Å². The van der Waals surface area contributed by atoms with Crippen molar-refractivity contribution in [1.29, 1.82) is 0 Å². The van der Waals surface area contributed by atoms with E-state index in [2.05, 4.69) is 10.6 Å². The molecule has 0 spiro atoms. The van der Waals surface area contributed by atoms with Gasteiger partial charge in [0.15, 0.2) is 11.6 Å². The number of ether oxygens (including phenoxy) is 2. The highest BCUT2D eigenvalue weighted by molar-refractivity contribution is 6.08. The summed E-state index contributed by atoms with van der Waals surface area (Å²) in [4.78, 5) is 72.8. The lowest BCUT2D eigenvalue weighted by molar-refractivity contribution is -0.125. The predicted molar refractivity (Wildman–Crippen MR) is 238 cm³/mol. The van der Waals surface area contributed by atoms with Crippen LogP contribution in [-0.2, 0) is 19.2 Å². The van der Waals surface area contributed by atoms with Crippen LogP contribution in [-0.4, -0.2) is 60.2 Å². The molecule has 2 N–H and O–H groups in total. The van der Waals surface area contributed by atoms with E-state index in [0.717, 1.165) is 114 Å². The van der Waals surface area contributed by atoms with Crippen LogP contribution in [0.15, 0.2) is 48.5 Å². The van der Waals surface area contributed by atoms with Gasteiger partial charge in [-0.1, -0.05) is 104 Å². The highest BCUT2D eigenvalue weighted by atomic mass is 16.5. The molecule has 2 aromatic carbocycles. The minimum absolute atomic E-state index is 0.0234. The average molecular weight is 831 g/mol. The van der Waals surface area contributed by atoms with Crippen LogP contribution in [0.1, 0.15) is 202 Å². The van der Waals surface area contributed by atoms with Crippen LogP contribution in [0.5, 0.6) is 11.5 Å².